The quantitative estimate of drug-likeness (QED) is 0.165. The highest BCUT2D eigenvalue weighted by molar-refractivity contribution is 6.22. The molecule has 0 amide bonds. The second kappa shape index (κ2) is 12.9. The predicted octanol–water partition coefficient (Wildman–Crippen LogP) is 13.6. The summed E-state index contributed by atoms with van der Waals surface area (Å²) in [5.41, 5.74) is 13.3. The predicted molar refractivity (Wildman–Crippen MR) is 242 cm³/mol. The summed E-state index contributed by atoms with van der Waals surface area (Å²) >= 11 is 0. The highest BCUT2D eigenvalue weighted by atomic mass is 16.3. The van der Waals surface area contributed by atoms with Gasteiger partial charge in [-0.1, -0.05) is 139 Å². The van der Waals surface area contributed by atoms with E-state index in [0.29, 0.717) is 5.82 Å². The highest BCUT2D eigenvalue weighted by Gasteiger charge is 2.32. The van der Waals surface area contributed by atoms with E-state index in [1.807, 2.05) is 42.7 Å². The average Bonchev–Trinajstić information content (AvgIpc) is 3.97. The topological polar surface area (TPSA) is 48.8 Å². The first kappa shape index (κ1) is 33.0. The minimum absolute atomic E-state index is 0.578. The molecule has 0 saturated heterocycles. The van der Waals surface area contributed by atoms with Gasteiger partial charge in [0, 0.05) is 56.0 Å². The van der Waals surface area contributed by atoms with Crippen LogP contribution >= 0.6 is 0 Å². The molecule has 0 fully saturated rings. The Hall–Kier alpha value is -8.20. The zero-order valence-corrected chi connectivity index (χ0v) is 31.7. The van der Waals surface area contributed by atoms with Crippen LogP contribution in [-0.2, 0) is 0 Å². The minimum atomic E-state index is 0.578. The molecule has 4 aromatic heterocycles. The maximum atomic E-state index is 7.13. The maximum Gasteiger partial charge on any atom is 0.162 e. The maximum absolute atomic E-state index is 7.13. The minimum Gasteiger partial charge on any atom is -0.455 e. The number of fused-ring (bicyclic) bond motifs is 9. The Morgan fingerprint density at radius 2 is 0.898 bits per heavy atom. The van der Waals surface area contributed by atoms with Gasteiger partial charge in [0.2, 0.25) is 0 Å². The van der Waals surface area contributed by atoms with Crippen LogP contribution in [0.2, 0.25) is 0 Å². The van der Waals surface area contributed by atoms with Gasteiger partial charge < -0.3 is 13.6 Å². The summed E-state index contributed by atoms with van der Waals surface area (Å²) in [6.45, 7) is 0. The summed E-state index contributed by atoms with van der Waals surface area (Å²) in [5.74, 6) is 3.30. The molecule has 4 heterocycles. The molecule has 0 radical (unpaired) electrons. The van der Waals surface area contributed by atoms with Crippen LogP contribution in [0.5, 0.6) is 0 Å². The monoisotopic (exact) mass is 752 g/mol. The molecule has 8 aromatic carbocycles. The molecule has 0 aliphatic heterocycles. The Labute approximate surface area is 339 Å². The molecule has 0 bridgehead atoms. The van der Waals surface area contributed by atoms with E-state index in [1.54, 1.807) is 0 Å². The van der Waals surface area contributed by atoms with Crippen molar-refractivity contribution in [1.29, 1.82) is 0 Å². The molecule has 274 valence electrons. The second-order valence-electron chi connectivity index (χ2n) is 14.9. The van der Waals surface area contributed by atoms with Gasteiger partial charge in [-0.3, -0.25) is 0 Å². The lowest BCUT2D eigenvalue weighted by molar-refractivity contribution is 0.670. The molecule has 5 heteroatoms. The molecule has 0 spiro atoms. The van der Waals surface area contributed by atoms with Crippen molar-refractivity contribution in [2.45, 2.75) is 0 Å². The molecular formula is C54H32N4O. The Kier molecular flexibility index (Phi) is 7.22. The molecule has 0 atom stereocenters. The third-order valence-corrected chi connectivity index (χ3v) is 11.7. The van der Waals surface area contributed by atoms with Crippen molar-refractivity contribution in [3.8, 4) is 57.4 Å². The fourth-order valence-electron chi connectivity index (χ4n) is 9.15. The third-order valence-electron chi connectivity index (χ3n) is 11.7. The van der Waals surface area contributed by atoms with Crippen molar-refractivity contribution in [2.75, 3.05) is 0 Å². The molecular weight excluding hydrogens is 721 g/mol. The fourth-order valence-corrected chi connectivity index (χ4v) is 9.15. The lowest BCUT2D eigenvalue weighted by Crippen LogP contribution is -2.09. The smallest absolute Gasteiger partial charge is 0.162 e. The summed E-state index contributed by atoms with van der Waals surface area (Å²) in [4.78, 5) is 10.6. The molecule has 12 rings (SSSR count). The van der Waals surface area contributed by atoms with E-state index in [-0.39, 0.29) is 0 Å². The standard InChI is InChI=1S/C54H32N4O/c1-2-34-28-30-35(31-29-34)37-32-55-54(56-33-37)50-48(36-16-4-3-5-17-36)53-49(42-22-10-15-27-47(42)59-53)51(57-43-23-11-6-18-38(43)39-19-7-12-24-44(39)57)52(50)58-45-25-13-8-20-40(45)41-21-9-14-26-46(41)58/h1,3-33H. The summed E-state index contributed by atoms with van der Waals surface area (Å²) in [5, 5.41) is 6.69. The van der Waals surface area contributed by atoms with Crippen molar-refractivity contribution in [2.24, 2.45) is 0 Å². The molecule has 0 N–H and O–H groups in total. The van der Waals surface area contributed by atoms with Gasteiger partial charge in [0.05, 0.1) is 44.4 Å². The van der Waals surface area contributed by atoms with Gasteiger partial charge in [-0.15, -0.1) is 6.42 Å². The van der Waals surface area contributed by atoms with Crippen molar-refractivity contribution in [3.63, 3.8) is 0 Å². The third kappa shape index (κ3) is 4.87. The van der Waals surface area contributed by atoms with Crippen LogP contribution in [0.25, 0.3) is 111 Å². The molecule has 0 aliphatic rings. The van der Waals surface area contributed by atoms with E-state index in [2.05, 4.69) is 161 Å². The number of aromatic nitrogens is 4. The normalized spacial score (nSPS) is 11.7. The lowest BCUT2D eigenvalue weighted by Gasteiger charge is -2.24. The molecule has 5 nitrogen and oxygen atoms in total. The Morgan fingerprint density at radius 3 is 1.44 bits per heavy atom. The van der Waals surface area contributed by atoms with E-state index < -0.39 is 0 Å². The van der Waals surface area contributed by atoms with Gasteiger partial charge in [-0.05, 0) is 53.6 Å². The number of para-hydroxylation sites is 5. The number of rotatable bonds is 5. The second-order valence-corrected chi connectivity index (χ2v) is 14.9. The van der Waals surface area contributed by atoms with Crippen molar-refractivity contribution in [1.82, 2.24) is 19.1 Å². The largest absolute Gasteiger partial charge is 0.455 e. The van der Waals surface area contributed by atoms with Gasteiger partial charge in [-0.2, -0.15) is 0 Å². The first-order valence-corrected chi connectivity index (χ1v) is 19.7. The number of terminal acetylenes is 1. The molecule has 0 aliphatic carbocycles. The lowest BCUT2D eigenvalue weighted by atomic mass is 9.92. The highest BCUT2D eigenvalue weighted by Crippen LogP contribution is 2.52. The zero-order valence-electron chi connectivity index (χ0n) is 31.7. The molecule has 0 unspecified atom stereocenters. The van der Waals surface area contributed by atoms with Gasteiger partial charge in [0.25, 0.3) is 0 Å². The number of nitrogens with zero attached hydrogens (tertiary/aromatic N) is 4. The SMILES string of the molecule is C#Cc1ccc(-c2cnc(-c3c(-n4c5ccccc5c5ccccc54)c(-n4c5ccccc5c5ccccc54)c4c(oc5ccccc54)c3-c3ccccc3)nc2)cc1. The number of furan rings is 1. The summed E-state index contributed by atoms with van der Waals surface area (Å²) < 4.78 is 12.0. The molecule has 0 saturated carbocycles. The molecule has 12 aromatic rings. The number of benzene rings is 8. The van der Waals surface area contributed by atoms with Crippen LogP contribution in [0.15, 0.2) is 193 Å². The van der Waals surface area contributed by atoms with Gasteiger partial charge >= 0.3 is 0 Å². The van der Waals surface area contributed by atoms with E-state index in [4.69, 9.17) is 20.8 Å². The fraction of sp³-hybridized carbons (Fsp3) is 0. The van der Waals surface area contributed by atoms with Crippen molar-refractivity contribution < 1.29 is 4.42 Å². The summed E-state index contributed by atoms with van der Waals surface area (Å²) in [7, 11) is 0. The Morgan fingerprint density at radius 1 is 0.424 bits per heavy atom. The van der Waals surface area contributed by atoms with E-state index >= 15 is 0 Å². The zero-order chi connectivity index (χ0) is 39.0. The molecule has 59 heavy (non-hydrogen) atoms. The first-order chi connectivity index (χ1) is 29.3. The van der Waals surface area contributed by atoms with Crippen LogP contribution in [0.3, 0.4) is 0 Å². The van der Waals surface area contributed by atoms with E-state index in [9.17, 15) is 0 Å². The van der Waals surface area contributed by atoms with Gasteiger partial charge in [0.1, 0.15) is 11.2 Å². The first-order valence-electron chi connectivity index (χ1n) is 19.7. The van der Waals surface area contributed by atoms with E-state index in [1.165, 1.54) is 10.8 Å². The Balaban J connectivity index is 1.35. The van der Waals surface area contributed by atoms with Crippen LogP contribution < -0.4 is 0 Å². The van der Waals surface area contributed by atoms with Crippen molar-refractivity contribution in [3.05, 3.63) is 194 Å². The van der Waals surface area contributed by atoms with Crippen LogP contribution in [0.1, 0.15) is 5.56 Å². The number of hydrogen-bond acceptors (Lipinski definition) is 3. The number of hydrogen-bond donors (Lipinski definition) is 0. The Bertz CT molecular complexity index is 3550. The summed E-state index contributed by atoms with van der Waals surface area (Å²) in [6.07, 6.45) is 9.53. The van der Waals surface area contributed by atoms with Crippen LogP contribution in [0, 0.1) is 12.3 Å². The van der Waals surface area contributed by atoms with Crippen molar-refractivity contribution >= 4 is 65.6 Å². The van der Waals surface area contributed by atoms with Gasteiger partial charge in [-0.25, -0.2) is 9.97 Å². The van der Waals surface area contributed by atoms with E-state index in [0.717, 1.165) is 99.5 Å². The van der Waals surface area contributed by atoms with Crippen LogP contribution in [-0.4, -0.2) is 19.1 Å². The van der Waals surface area contributed by atoms with Gasteiger partial charge in [0.15, 0.2) is 5.82 Å². The average molecular weight is 753 g/mol. The summed E-state index contributed by atoms with van der Waals surface area (Å²) in [6, 6.07) is 61.6. The van der Waals surface area contributed by atoms with Crippen LogP contribution in [0.4, 0.5) is 0 Å².